The van der Waals surface area contributed by atoms with Crippen molar-refractivity contribution in [3.63, 3.8) is 0 Å². The molecular weight excluding hydrogens is 180 g/mol. The lowest BCUT2D eigenvalue weighted by Crippen LogP contribution is -2.10. The molecular formula is C11H16O3. The van der Waals surface area contributed by atoms with Crippen LogP contribution in [-0.2, 0) is 14.3 Å². The number of esters is 1. The van der Waals surface area contributed by atoms with Gasteiger partial charge in [0, 0.05) is 5.57 Å². The lowest BCUT2D eigenvalue weighted by Gasteiger charge is -2.06. The Morgan fingerprint density at radius 2 is 1.86 bits per heavy atom. The summed E-state index contributed by atoms with van der Waals surface area (Å²) in [7, 11) is 0. The lowest BCUT2D eigenvalue weighted by atomic mass is 10.4. The quantitative estimate of drug-likeness (QED) is 0.215. The molecule has 0 aromatic heterocycles. The summed E-state index contributed by atoms with van der Waals surface area (Å²) in [4.78, 5) is 10.9. The van der Waals surface area contributed by atoms with E-state index in [1.54, 1.807) is 13.0 Å². The summed E-state index contributed by atoms with van der Waals surface area (Å²) in [6, 6.07) is 0. The zero-order valence-electron chi connectivity index (χ0n) is 8.71. The molecule has 0 aliphatic rings. The Labute approximate surface area is 84.7 Å². The van der Waals surface area contributed by atoms with E-state index in [4.69, 9.17) is 9.47 Å². The maximum Gasteiger partial charge on any atom is 0.333 e. The number of carbonyl (C=O) groups is 1. The molecule has 14 heavy (non-hydrogen) atoms. The van der Waals surface area contributed by atoms with Crippen LogP contribution in [0.5, 0.6) is 0 Å². The van der Waals surface area contributed by atoms with Crippen LogP contribution in [0.15, 0.2) is 36.6 Å². The van der Waals surface area contributed by atoms with Gasteiger partial charge in [-0.25, -0.2) is 4.79 Å². The molecule has 0 rings (SSSR count). The summed E-state index contributed by atoms with van der Waals surface area (Å²) in [5, 5.41) is 0. The average Bonchev–Trinajstić information content (AvgIpc) is 2.12. The van der Waals surface area contributed by atoms with Crippen LogP contribution < -0.4 is 0 Å². The van der Waals surface area contributed by atoms with Gasteiger partial charge in [-0.15, -0.1) is 0 Å². The molecule has 0 saturated heterocycles. The monoisotopic (exact) mass is 196 g/mol. The van der Waals surface area contributed by atoms with Crippen molar-refractivity contribution < 1.29 is 14.3 Å². The van der Waals surface area contributed by atoms with Crippen molar-refractivity contribution in [3.05, 3.63) is 36.6 Å². The van der Waals surface area contributed by atoms with Gasteiger partial charge in [0.15, 0.2) is 0 Å². The van der Waals surface area contributed by atoms with Crippen molar-refractivity contribution in [3.8, 4) is 0 Å². The normalized spacial score (nSPS) is 9.86. The van der Waals surface area contributed by atoms with Crippen LogP contribution in [0.3, 0.4) is 0 Å². The molecule has 0 aliphatic heterocycles. The first kappa shape index (κ1) is 12.5. The lowest BCUT2D eigenvalue weighted by molar-refractivity contribution is -0.140. The molecule has 0 unspecified atom stereocenters. The molecule has 0 aromatic carbocycles. The molecule has 0 aromatic rings. The van der Waals surface area contributed by atoms with Gasteiger partial charge in [0.1, 0.15) is 19.0 Å². The minimum atomic E-state index is -0.398. The smallest absolute Gasteiger partial charge is 0.333 e. The van der Waals surface area contributed by atoms with Crippen molar-refractivity contribution in [1.82, 2.24) is 0 Å². The predicted molar refractivity (Wildman–Crippen MR) is 55.7 cm³/mol. The van der Waals surface area contributed by atoms with Crippen molar-refractivity contribution in [2.45, 2.75) is 13.8 Å². The van der Waals surface area contributed by atoms with E-state index in [1.807, 2.05) is 13.0 Å². The molecule has 0 amide bonds. The number of rotatable bonds is 6. The van der Waals surface area contributed by atoms with Gasteiger partial charge in [-0.1, -0.05) is 19.2 Å². The molecule has 0 N–H and O–H groups in total. The molecule has 3 heteroatoms. The van der Waals surface area contributed by atoms with Gasteiger partial charge in [0.25, 0.3) is 0 Å². The zero-order valence-corrected chi connectivity index (χ0v) is 8.71. The molecule has 0 fully saturated rings. The van der Waals surface area contributed by atoms with Gasteiger partial charge < -0.3 is 9.47 Å². The van der Waals surface area contributed by atoms with E-state index in [-0.39, 0.29) is 6.61 Å². The van der Waals surface area contributed by atoms with Crippen LogP contribution in [0.2, 0.25) is 0 Å². The van der Waals surface area contributed by atoms with Gasteiger partial charge in [-0.05, 0) is 19.9 Å². The Morgan fingerprint density at radius 1 is 1.29 bits per heavy atom. The second-order valence-electron chi connectivity index (χ2n) is 2.73. The van der Waals surface area contributed by atoms with Crippen LogP contribution in [0.4, 0.5) is 0 Å². The number of hydrogen-bond acceptors (Lipinski definition) is 3. The van der Waals surface area contributed by atoms with Gasteiger partial charge in [0.2, 0.25) is 0 Å². The van der Waals surface area contributed by atoms with Crippen LogP contribution in [-0.4, -0.2) is 19.2 Å². The van der Waals surface area contributed by atoms with E-state index < -0.39 is 5.97 Å². The summed E-state index contributed by atoms with van der Waals surface area (Å²) < 4.78 is 9.93. The molecule has 0 saturated carbocycles. The Hall–Kier alpha value is -1.51. The maximum absolute atomic E-state index is 10.9. The zero-order chi connectivity index (χ0) is 11.0. The highest BCUT2D eigenvalue weighted by Crippen LogP contribution is 1.96. The van der Waals surface area contributed by atoms with Gasteiger partial charge in [0.05, 0.1) is 0 Å². The summed E-state index contributed by atoms with van der Waals surface area (Å²) in [6.07, 6.45) is 3.56. The SMILES string of the molecule is C=C(/C=C\C)OCCOC(=O)C(=C)C. The fourth-order valence-corrected chi connectivity index (χ4v) is 0.664. The van der Waals surface area contributed by atoms with E-state index in [1.165, 1.54) is 0 Å². The van der Waals surface area contributed by atoms with Crippen molar-refractivity contribution in [1.29, 1.82) is 0 Å². The molecule has 3 nitrogen and oxygen atoms in total. The highest BCUT2D eigenvalue weighted by Gasteiger charge is 2.01. The Bertz CT molecular complexity index is 251. The molecule has 0 bridgehead atoms. The van der Waals surface area contributed by atoms with E-state index in [0.29, 0.717) is 17.9 Å². The van der Waals surface area contributed by atoms with Crippen molar-refractivity contribution in [2.75, 3.05) is 13.2 Å². The molecule has 78 valence electrons. The van der Waals surface area contributed by atoms with Crippen LogP contribution in [0.1, 0.15) is 13.8 Å². The van der Waals surface area contributed by atoms with Crippen LogP contribution >= 0.6 is 0 Å². The second kappa shape index (κ2) is 6.95. The van der Waals surface area contributed by atoms with E-state index in [0.717, 1.165) is 0 Å². The van der Waals surface area contributed by atoms with Gasteiger partial charge >= 0.3 is 5.97 Å². The number of hydrogen-bond donors (Lipinski definition) is 0. The first-order chi connectivity index (χ1) is 6.57. The third-order valence-electron chi connectivity index (χ3n) is 1.30. The number of allylic oxidation sites excluding steroid dienone is 2. The van der Waals surface area contributed by atoms with Crippen LogP contribution in [0, 0.1) is 0 Å². The fourth-order valence-electron chi connectivity index (χ4n) is 0.664. The molecule has 0 heterocycles. The standard InChI is InChI=1S/C11H16O3/c1-5-6-10(4)13-7-8-14-11(12)9(2)3/h5-6H,2,4,7-8H2,1,3H3/b6-5-. The largest absolute Gasteiger partial charge is 0.491 e. The van der Waals surface area contributed by atoms with Crippen LogP contribution in [0.25, 0.3) is 0 Å². The summed E-state index contributed by atoms with van der Waals surface area (Å²) in [5.41, 5.74) is 0.386. The Morgan fingerprint density at radius 3 is 2.36 bits per heavy atom. The van der Waals surface area contributed by atoms with Gasteiger partial charge in [-0.2, -0.15) is 0 Å². The fraction of sp³-hybridized carbons (Fsp3) is 0.364. The van der Waals surface area contributed by atoms with E-state index >= 15 is 0 Å². The third-order valence-corrected chi connectivity index (χ3v) is 1.30. The summed E-state index contributed by atoms with van der Waals surface area (Å²) >= 11 is 0. The second-order valence-corrected chi connectivity index (χ2v) is 2.73. The first-order valence-corrected chi connectivity index (χ1v) is 4.35. The third kappa shape index (κ3) is 6.06. The Balaban J connectivity index is 3.52. The molecule has 0 spiro atoms. The van der Waals surface area contributed by atoms with Gasteiger partial charge in [-0.3, -0.25) is 0 Å². The van der Waals surface area contributed by atoms with Crippen molar-refractivity contribution in [2.24, 2.45) is 0 Å². The highest BCUT2D eigenvalue weighted by atomic mass is 16.6. The van der Waals surface area contributed by atoms with Crippen molar-refractivity contribution >= 4 is 5.97 Å². The first-order valence-electron chi connectivity index (χ1n) is 4.35. The minimum Gasteiger partial charge on any atom is -0.491 e. The Kier molecular flexibility index (Phi) is 6.20. The molecule has 0 aliphatic carbocycles. The summed E-state index contributed by atoms with van der Waals surface area (Å²) in [6.45, 7) is 11.1. The average molecular weight is 196 g/mol. The number of ether oxygens (including phenoxy) is 2. The molecule has 0 atom stereocenters. The number of carbonyl (C=O) groups excluding carboxylic acids is 1. The topological polar surface area (TPSA) is 35.5 Å². The van der Waals surface area contributed by atoms with E-state index in [2.05, 4.69) is 13.2 Å². The van der Waals surface area contributed by atoms with E-state index in [9.17, 15) is 4.79 Å². The maximum atomic E-state index is 10.9. The summed E-state index contributed by atoms with van der Waals surface area (Å²) in [5.74, 6) is 0.157. The predicted octanol–water partition coefficient (Wildman–Crippen LogP) is 2.21. The highest BCUT2D eigenvalue weighted by molar-refractivity contribution is 5.86. The molecule has 0 radical (unpaired) electrons. The minimum absolute atomic E-state index is 0.211.